The molecule has 0 bridgehead atoms. The van der Waals surface area contributed by atoms with Crippen molar-refractivity contribution in [2.24, 2.45) is 5.10 Å². The molecule has 2 rings (SSSR count). The summed E-state index contributed by atoms with van der Waals surface area (Å²) in [4.78, 5) is 0. The second-order valence-electron chi connectivity index (χ2n) is 3.34. The molecule has 0 amide bonds. The first kappa shape index (κ1) is 9.52. The second-order valence-corrected chi connectivity index (χ2v) is 4.26. The number of fused-ring (bicyclic) bond motifs is 1. The van der Waals surface area contributed by atoms with Crippen LogP contribution in [-0.2, 0) is 11.3 Å². The Morgan fingerprint density at radius 2 is 2.21 bits per heavy atom. The Labute approximate surface area is 91.5 Å². The van der Waals surface area contributed by atoms with Gasteiger partial charge in [-0.15, -0.1) is 5.10 Å². The monoisotopic (exact) mass is 254 g/mol. The topological polar surface area (TPSA) is 24.8 Å². The van der Waals surface area contributed by atoms with E-state index >= 15 is 0 Å². The van der Waals surface area contributed by atoms with Crippen LogP contribution in [0.5, 0.6) is 0 Å². The number of ether oxygens (including phenoxy) is 1. The molecule has 0 fully saturated rings. The van der Waals surface area contributed by atoms with E-state index in [-0.39, 0.29) is 0 Å². The molecule has 1 aliphatic rings. The van der Waals surface area contributed by atoms with Crippen LogP contribution in [0.2, 0.25) is 0 Å². The molecular weight excluding hydrogens is 244 g/mol. The van der Waals surface area contributed by atoms with Gasteiger partial charge in [-0.1, -0.05) is 15.9 Å². The molecule has 3 nitrogen and oxygen atoms in total. The third kappa shape index (κ3) is 1.75. The quantitative estimate of drug-likeness (QED) is 0.718. The van der Waals surface area contributed by atoms with Gasteiger partial charge in [-0.25, -0.2) is 0 Å². The summed E-state index contributed by atoms with van der Waals surface area (Å²) < 4.78 is 6.55. The van der Waals surface area contributed by atoms with Gasteiger partial charge in [0.25, 0.3) is 0 Å². The summed E-state index contributed by atoms with van der Waals surface area (Å²) in [7, 11) is 3.76. The highest BCUT2D eigenvalue weighted by Crippen LogP contribution is 2.24. The van der Waals surface area contributed by atoms with E-state index in [4.69, 9.17) is 4.74 Å². The molecule has 0 saturated carbocycles. The lowest BCUT2D eigenvalue weighted by atomic mass is 10.1. The summed E-state index contributed by atoms with van der Waals surface area (Å²) in [6, 6.07) is 6.08. The van der Waals surface area contributed by atoms with Crippen molar-refractivity contribution in [3.8, 4) is 0 Å². The maximum atomic E-state index is 5.48. The van der Waals surface area contributed by atoms with E-state index in [2.05, 4.69) is 27.1 Å². The first-order valence-electron chi connectivity index (χ1n) is 4.34. The van der Waals surface area contributed by atoms with E-state index < -0.39 is 0 Å². The number of nitrogens with zero attached hydrogens (tertiary/aromatic N) is 2. The van der Waals surface area contributed by atoms with Crippen LogP contribution in [0.3, 0.4) is 0 Å². The molecule has 1 heterocycles. The molecule has 0 radical (unpaired) electrons. The zero-order valence-corrected chi connectivity index (χ0v) is 9.71. The molecule has 0 atom stereocenters. The lowest BCUT2D eigenvalue weighted by molar-refractivity contribution is 0.296. The third-order valence-corrected chi connectivity index (χ3v) is 2.45. The largest absolute Gasteiger partial charge is 0.471 e. The molecule has 0 aromatic heterocycles. The Morgan fingerprint density at radius 3 is 2.93 bits per heavy atom. The summed E-state index contributed by atoms with van der Waals surface area (Å²) in [5, 5.41) is 6.00. The Bertz CT molecular complexity index is 388. The van der Waals surface area contributed by atoms with Crippen molar-refractivity contribution in [1.82, 2.24) is 5.01 Å². The molecule has 0 saturated heterocycles. The smallest absolute Gasteiger partial charge is 0.238 e. The molecule has 14 heavy (non-hydrogen) atoms. The molecule has 0 aliphatic carbocycles. The summed E-state index contributed by atoms with van der Waals surface area (Å²) >= 11 is 3.43. The van der Waals surface area contributed by atoms with Crippen molar-refractivity contribution in [2.45, 2.75) is 6.61 Å². The normalized spacial score (nSPS) is 16.6. The van der Waals surface area contributed by atoms with Crippen LogP contribution in [0.4, 0.5) is 0 Å². The molecule has 74 valence electrons. The Balaban J connectivity index is 2.40. The van der Waals surface area contributed by atoms with Crippen LogP contribution in [0, 0.1) is 0 Å². The molecule has 0 unspecified atom stereocenters. The summed E-state index contributed by atoms with van der Waals surface area (Å²) in [5.41, 5.74) is 2.27. The van der Waals surface area contributed by atoms with Gasteiger partial charge in [0.2, 0.25) is 5.90 Å². The Kier molecular flexibility index (Phi) is 2.46. The van der Waals surface area contributed by atoms with Crippen molar-refractivity contribution in [3.63, 3.8) is 0 Å². The average Bonchev–Trinajstić information content (AvgIpc) is 2.47. The summed E-state index contributed by atoms with van der Waals surface area (Å²) in [6.45, 7) is 0.613. The predicted molar refractivity (Wildman–Crippen MR) is 59.2 cm³/mol. The molecule has 1 aliphatic heterocycles. The van der Waals surface area contributed by atoms with E-state index in [1.165, 1.54) is 5.56 Å². The van der Waals surface area contributed by atoms with Crippen LogP contribution in [0.1, 0.15) is 11.1 Å². The minimum atomic E-state index is 0.613. The number of hydrogen-bond acceptors (Lipinski definition) is 3. The Hall–Kier alpha value is -1.03. The molecule has 4 heteroatoms. The van der Waals surface area contributed by atoms with Crippen LogP contribution in [0.25, 0.3) is 0 Å². The fraction of sp³-hybridized carbons (Fsp3) is 0.300. The number of rotatable bonds is 1. The van der Waals surface area contributed by atoms with E-state index in [1.54, 1.807) is 5.01 Å². The van der Waals surface area contributed by atoms with Crippen molar-refractivity contribution in [2.75, 3.05) is 14.1 Å². The van der Waals surface area contributed by atoms with Gasteiger partial charge in [0, 0.05) is 29.7 Å². The van der Waals surface area contributed by atoms with E-state index in [0.717, 1.165) is 10.0 Å². The highest BCUT2D eigenvalue weighted by Gasteiger charge is 2.19. The van der Waals surface area contributed by atoms with Crippen molar-refractivity contribution < 1.29 is 4.74 Å². The van der Waals surface area contributed by atoms with Gasteiger partial charge in [0.1, 0.15) is 6.61 Å². The van der Waals surface area contributed by atoms with Gasteiger partial charge < -0.3 is 4.74 Å². The summed E-state index contributed by atoms with van der Waals surface area (Å²) in [6.07, 6.45) is 0. The average molecular weight is 255 g/mol. The molecule has 1 aromatic carbocycles. The van der Waals surface area contributed by atoms with Crippen LogP contribution in [-0.4, -0.2) is 25.0 Å². The van der Waals surface area contributed by atoms with E-state index in [9.17, 15) is 0 Å². The van der Waals surface area contributed by atoms with Gasteiger partial charge in [0.15, 0.2) is 0 Å². The Morgan fingerprint density at radius 1 is 1.43 bits per heavy atom. The number of hydrazone groups is 1. The lowest BCUT2D eigenvalue weighted by Gasteiger charge is -2.05. The zero-order chi connectivity index (χ0) is 10.1. The van der Waals surface area contributed by atoms with Crippen LogP contribution < -0.4 is 0 Å². The SMILES string of the molecule is CN(C)/N=C1\OCc2cc(Br)ccc21. The van der Waals surface area contributed by atoms with Gasteiger partial charge >= 0.3 is 0 Å². The van der Waals surface area contributed by atoms with Crippen molar-refractivity contribution in [1.29, 1.82) is 0 Å². The third-order valence-electron chi connectivity index (χ3n) is 1.95. The standard InChI is InChI=1S/C10H11BrN2O/c1-13(2)12-10-9-4-3-8(11)5-7(9)6-14-10/h3-5H,6H2,1-2H3/b12-10-. The fourth-order valence-corrected chi connectivity index (χ4v) is 1.79. The first-order chi connectivity index (χ1) is 6.66. The highest BCUT2D eigenvalue weighted by atomic mass is 79.9. The van der Waals surface area contributed by atoms with Crippen LogP contribution >= 0.6 is 15.9 Å². The predicted octanol–water partition coefficient (Wildman–Crippen LogP) is 2.20. The maximum absolute atomic E-state index is 5.48. The number of halogens is 1. The van der Waals surface area contributed by atoms with Crippen LogP contribution in [0.15, 0.2) is 27.8 Å². The molecule has 1 aromatic rings. The fourth-order valence-electron chi connectivity index (χ4n) is 1.38. The summed E-state index contributed by atoms with van der Waals surface area (Å²) in [5.74, 6) is 0.706. The van der Waals surface area contributed by atoms with Crippen molar-refractivity contribution in [3.05, 3.63) is 33.8 Å². The minimum absolute atomic E-state index is 0.613. The second kappa shape index (κ2) is 3.61. The van der Waals surface area contributed by atoms with E-state index in [0.29, 0.717) is 12.5 Å². The zero-order valence-electron chi connectivity index (χ0n) is 8.12. The van der Waals surface area contributed by atoms with Crippen molar-refractivity contribution >= 4 is 21.8 Å². The van der Waals surface area contributed by atoms with Gasteiger partial charge in [-0.3, -0.25) is 5.01 Å². The number of hydrogen-bond donors (Lipinski definition) is 0. The van der Waals surface area contributed by atoms with Gasteiger partial charge in [0.05, 0.1) is 0 Å². The molecular formula is C10H11BrN2O. The molecule has 0 spiro atoms. The highest BCUT2D eigenvalue weighted by molar-refractivity contribution is 9.10. The van der Waals surface area contributed by atoms with Gasteiger partial charge in [-0.2, -0.15) is 0 Å². The maximum Gasteiger partial charge on any atom is 0.238 e. The number of benzene rings is 1. The molecule has 0 N–H and O–H groups in total. The lowest BCUT2D eigenvalue weighted by Crippen LogP contribution is -2.08. The first-order valence-corrected chi connectivity index (χ1v) is 5.13. The van der Waals surface area contributed by atoms with E-state index in [1.807, 2.05) is 26.2 Å². The minimum Gasteiger partial charge on any atom is -0.471 e. The van der Waals surface area contributed by atoms with Gasteiger partial charge in [-0.05, 0) is 18.2 Å².